The van der Waals surface area contributed by atoms with Crippen LogP contribution in [0, 0.1) is 0 Å². The van der Waals surface area contributed by atoms with Gasteiger partial charge >= 0.3 is 0 Å². The average Bonchev–Trinajstić information content (AvgIpc) is 2.95. The Hall–Kier alpha value is -1.34. The van der Waals surface area contributed by atoms with Crippen LogP contribution in [0.3, 0.4) is 0 Å². The maximum absolute atomic E-state index is 6.18. The summed E-state index contributed by atoms with van der Waals surface area (Å²) in [6.07, 6.45) is 4.32. The third-order valence-corrected chi connectivity index (χ3v) is 11.6. The van der Waals surface area contributed by atoms with Crippen molar-refractivity contribution in [1.82, 2.24) is 0 Å². The molecule has 36 heavy (non-hydrogen) atoms. The number of benzene rings is 3. The van der Waals surface area contributed by atoms with E-state index in [4.69, 9.17) is 18.9 Å². The Morgan fingerprint density at radius 1 is 0.611 bits per heavy atom. The SMILES string of the molecule is [I-].c1ccc([P+](CCCCC2OCCOC2C2COCCO2)(c2ccccc2)c2ccccc2)cc1. The molecule has 4 nitrogen and oxygen atoms in total. The maximum Gasteiger partial charge on any atom is 0.112 e. The van der Waals surface area contributed by atoms with E-state index in [0.717, 1.165) is 25.4 Å². The first-order chi connectivity index (χ1) is 17.4. The molecular weight excluding hydrogens is 582 g/mol. The molecule has 2 heterocycles. The molecule has 0 bridgehead atoms. The van der Waals surface area contributed by atoms with Gasteiger partial charge in [-0.05, 0) is 55.7 Å². The predicted molar refractivity (Wildman–Crippen MR) is 144 cm³/mol. The molecule has 3 unspecified atom stereocenters. The first-order valence-electron chi connectivity index (χ1n) is 12.9. The van der Waals surface area contributed by atoms with Crippen molar-refractivity contribution >= 4 is 23.2 Å². The molecule has 192 valence electrons. The summed E-state index contributed by atoms with van der Waals surface area (Å²) in [4.78, 5) is 0. The van der Waals surface area contributed by atoms with Gasteiger partial charge in [0.1, 0.15) is 35.4 Å². The summed E-state index contributed by atoms with van der Waals surface area (Å²) < 4.78 is 23.9. The summed E-state index contributed by atoms with van der Waals surface area (Å²) in [7, 11) is -1.78. The van der Waals surface area contributed by atoms with Crippen molar-refractivity contribution in [2.45, 2.75) is 37.6 Å². The highest BCUT2D eigenvalue weighted by Gasteiger charge is 2.44. The van der Waals surface area contributed by atoms with E-state index in [9.17, 15) is 0 Å². The molecule has 0 N–H and O–H groups in total. The fourth-order valence-electron chi connectivity index (χ4n) is 5.45. The molecule has 2 aliphatic heterocycles. The van der Waals surface area contributed by atoms with Crippen LogP contribution in [0.15, 0.2) is 91.0 Å². The lowest BCUT2D eigenvalue weighted by atomic mass is 10.0. The van der Waals surface area contributed by atoms with E-state index >= 15 is 0 Å². The number of halogens is 1. The lowest BCUT2D eigenvalue weighted by molar-refractivity contribution is -0.215. The summed E-state index contributed by atoms with van der Waals surface area (Å²) >= 11 is 0. The minimum atomic E-state index is -1.78. The minimum absolute atomic E-state index is 0. The zero-order valence-corrected chi connectivity index (χ0v) is 23.8. The second-order valence-electron chi connectivity index (χ2n) is 9.26. The Bertz CT molecular complexity index is 918. The van der Waals surface area contributed by atoms with Crippen molar-refractivity contribution in [2.24, 2.45) is 0 Å². The second-order valence-corrected chi connectivity index (χ2v) is 12.9. The Morgan fingerprint density at radius 3 is 1.67 bits per heavy atom. The molecule has 0 amide bonds. The second kappa shape index (κ2) is 14.0. The summed E-state index contributed by atoms with van der Waals surface area (Å²) in [6, 6.07) is 33.4. The molecule has 2 fully saturated rings. The maximum atomic E-state index is 6.18. The molecule has 0 saturated carbocycles. The van der Waals surface area contributed by atoms with Gasteiger partial charge in [0, 0.05) is 0 Å². The molecule has 2 saturated heterocycles. The molecule has 3 aromatic carbocycles. The van der Waals surface area contributed by atoms with Crippen LogP contribution in [0.1, 0.15) is 19.3 Å². The Kier molecular flexibility index (Phi) is 10.8. The molecular formula is C30H36IO4P. The van der Waals surface area contributed by atoms with E-state index < -0.39 is 7.26 Å². The van der Waals surface area contributed by atoms with Gasteiger partial charge in [0.2, 0.25) is 0 Å². The van der Waals surface area contributed by atoms with Crippen LogP contribution < -0.4 is 39.9 Å². The molecule has 0 radical (unpaired) electrons. The van der Waals surface area contributed by atoms with Crippen LogP contribution in [-0.4, -0.2) is 57.5 Å². The summed E-state index contributed by atoms with van der Waals surface area (Å²) in [5.41, 5.74) is 0. The van der Waals surface area contributed by atoms with E-state index in [2.05, 4.69) is 91.0 Å². The Labute approximate surface area is 233 Å². The fourth-order valence-corrected chi connectivity index (χ4v) is 9.86. The molecule has 0 aromatic heterocycles. The molecule has 0 aliphatic carbocycles. The number of rotatable bonds is 9. The lowest BCUT2D eigenvalue weighted by Gasteiger charge is -2.38. The first kappa shape index (κ1) is 27.7. The van der Waals surface area contributed by atoms with Crippen LogP contribution in [0.2, 0.25) is 0 Å². The van der Waals surface area contributed by atoms with Gasteiger partial charge in [-0.3, -0.25) is 0 Å². The van der Waals surface area contributed by atoms with Crippen molar-refractivity contribution in [2.75, 3.05) is 39.2 Å². The first-order valence-corrected chi connectivity index (χ1v) is 14.8. The van der Waals surface area contributed by atoms with Gasteiger partial charge in [0.05, 0.1) is 45.3 Å². The molecule has 5 rings (SSSR count). The van der Waals surface area contributed by atoms with Gasteiger partial charge in [-0.2, -0.15) is 0 Å². The van der Waals surface area contributed by atoms with Crippen molar-refractivity contribution < 1.29 is 42.9 Å². The zero-order chi connectivity index (χ0) is 23.8. The summed E-state index contributed by atoms with van der Waals surface area (Å²) in [6.45, 7) is 3.18. The number of ether oxygens (including phenoxy) is 4. The third-order valence-electron chi connectivity index (χ3n) is 7.12. The molecule has 3 aromatic rings. The van der Waals surface area contributed by atoms with Crippen LogP contribution in [0.4, 0.5) is 0 Å². The molecule has 2 aliphatic rings. The van der Waals surface area contributed by atoms with Crippen LogP contribution >= 0.6 is 7.26 Å². The molecule has 3 atom stereocenters. The average molecular weight is 618 g/mol. The number of unbranched alkanes of at least 4 members (excludes halogenated alkanes) is 1. The predicted octanol–water partition coefficient (Wildman–Crippen LogP) is 1.35. The largest absolute Gasteiger partial charge is 1.00 e. The van der Waals surface area contributed by atoms with Crippen molar-refractivity contribution in [3.63, 3.8) is 0 Å². The molecule has 0 spiro atoms. The fraction of sp³-hybridized carbons (Fsp3) is 0.400. The van der Waals surface area contributed by atoms with Crippen LogP contribution in [0.5, 0.6) is 0 Å². The van der Waals surface area contributed by atoms with E-state index in [-0.39, 0.29) is 42.3 Å². The standard InChI is InChI=1S/C30H36O4P.HI/c1-4-12-25(13-5-1)35(26-14-6-2-7-15-26,27-16-8-3-9-17-27)23-11-10-18-28-30(34-22-21-32-28)29-24-31-19-20-33-29;/h1-9,12-17,28-30H,10-11,18-24H2;1H/q+1;/p-1. The van der Waals surface area contributed by atoms with E-state index in [1.165, 1.54) is 15.9 Å². The van der Waals surface area contributed by atoms with E-state index in [1.807, 2.05) is 0 Å². The number of hydrogen-bond donors (Lipinski definition) is 0. The minimum Gasteiger partial charge on any atom is -1.00 e. The third kappa shape index (κ3) is 6.38. The van der Waals surface area contributed by atoms with Gasteiger partial charge < -0.3 is 42.9 Å². The van der Waals surface area contributed by atoms with Gasteiger partial charge in [0.25, 0.3) is 0 Å². The Morgan fingerprint density at radius 2 is 1.14 bits per heavy atom. The number of hydrogen-bond acceptors (Lipinski definition) is 4. The van der Waals surface area contributed by atoms with Gasteiger partial charge in [-0.15, -0.1) is 0 Å². The van der Waals surface area contributed by atoms with Crippen LogP contribution in [0.25, 0.3) is 0 Å². The quantitative estimate of drug-likeness (QED) is 0.206. The highest BCUT2D eigenvalue weighted by molar-refractivity contribution is 7.95. The molecule has 6 heteroatoms. The van der Waals surface area contributed by atoms with E-state index in [0.29, 0.717) is 33.0 Å². The topological polar surface area (TPSA) is 36.9 Å². The lowest BCUT2D eigenvalue weighted by Crippen LogP contribution is -3.00. The van der Waals surface area contributed by atoms with Gasteiger partial charge in [-0.1, -0.05) is 54.6 Å². The van der Waals surface area contributed by atoms with Crippen molar-refractivity contribution in [1.29, 1.82) is 0 Å². The monoisotopic (exact) mass is 618 g/mol. The van der Waals surface area contributed by atoms with Gasteiger partial charge in [-0.25, -0.2) is 0 Å². The summed E-state index contributed by atoms with van der Waals surface area (Å²) in [5.74, 6) is 0. The zero-order valence-electron chi connectivity index (χ0n) is 20.7. The normalized spacial score (nSPS) is 22.5. The smallest absolute Gasteiger partial charge is 0.112 e. The van der Waals surface area contributed by atoms with Crippen molar-refractivity contribution in [3.8, 4) is 0 Å². The summed E-state index contributed by atoms with van der Waals surface area (Å²) in [5, 5.41) is 4.33. The highest BCUT2D eigenvalue weighted by atomic mass is 127. The van der Waals surface area contributed by atoms with Crippen LogP contribution in [-0.2, 0) is 18.9 Å². The Balaban J connectivity index is 0.00000304. The van der Waals surface area contributed by atoms with E-state index in [1.54, 1.807) is 0 Å². The van der Waals surface area contributed by atoms with Crippen molar-refractivity contribution in [3.05, 3.63) is 91.0 Å². The van der Waals surface area contributed by atoms with Gasteiger partial charge in [0.15, 0.2) is 0 Å². The highest BCUT2D eigenvalue weighted by Crippen LogP contribution is 2.56.